The highest BCUT2D eigenvalue weighted by atomic mass is 31.2. The number of anilines is 1. The van der Waals surface area contributed by atoms with Gasteiger partial charge in [0, 0.05) is 36.3 Å². The lowest BCUT2D eigenvalue weighted by Crippen LogP contribution is -2.49. The molecule has 2 heterocycles. The molecule has 1 saturated heterocycles. The molecule has 5 rings (SSSR count). The number of ether oxygens (including phenoxy) is 1. The van der Waals surface area contributed by atoms with Crippen molar-refractivity contribution in [3.8, 4) is 17.1 Å². The van der Waals surface area contributed by atoms with Crippen molar-refractivity contribution in [1.29, 1.82) is 0 Å². The number of carbonyl (C=O) groups is 4. The first-order valence-electron chi connectivity index (χ1n) is 20.1. The number of hydrogen-bond donors (Lipinski definition) is 2. The van der Waals surface area contributed by atoms with Crippen molar-refractivity contribution in [1.82, 2.24) is 15.7 Å². The Morgan fingerprint density at radius 2 is 1.67 bits per heavy atom. The fourth-order valence-electron chi connectivity index (χ4n) is 6.96. The third-order valence-corrected chi connectivity index (χ3v) is 12.0. The Bertz CT molecular complexity index is 2010. The predicted octanol–water partition coefficient (Wildman–Crippen LogP) is 7.70. The number of carbonyl (C=O) groups excluding carboxylic acids is 4. The quantitative estimate of drug-likeness (QED) is 0.0265. The maximum absolute atomic E-state index is 13.8. The number of furan rings is 1. The van der Waals surface area contributed by atoms with Gasteiger partial charge in [-0.2, -0.15) is 5.06 Å². The summed E-state index contributed by atoms with van der Waals surface area (Å²) in [5.74, 6) is -1.60. The van der Waals surface area contributed by atoms with Crippen LogP contribution in [0.1, 0.15) is 92.2 Å². The third-order valence-electron chi connectivity index (χ3n) is 10.1. The highest BCUT2D eigenvalue weighted by molar-refractivity contribution is 7.66. The summed E-state index contributed by atoms with van der Waals surface area (Å²) < 4.78 is 31.4. The Labute approximate surface area is 340 Å². The van der Waals surface area contributed by atoms with E-state index in [2.05, 4.69) is 22.5 Å². The minimum absolute atomic E-state index is 0.00828. The molecule has 2 N–H and O–H groups in total. The minimum Gasteiger partial charge on any atom is -0.494 e. The van der Waals surface area contributed by atoms with E-state index in [0.29, 0.717) is 60.2 Å². The second-order valence-corrected chi connectivity index (χ2v) is 16.8. The van der Waals surface area contributed by atoms with Crippen molar-refractivity contribution in [2.45, 2.75) is 78.4 Å². The number of nitrogens with zero attached hydrogens (tertiary/aromatic N) is 2. The van der Waals surface area contributed by atoms with Crippen LogP contribution in [-0.2, 0) is 30.1 Å². The van der Waals surface area contributed by atoms with Crippen molar-refractivity contribution < 1.29 is 42.3 Å². The number of unbranched alkanes of at least 4 members (excludes halogenated alkanes) is 2. The third kappa shape index (κ3) is 11.8. The normalized spacial score (nSPS) is 14.5. The van der Waals surface area contributed by atoms with E-state index < -0.39 is 37.1 Å². The lowest BCUT2D eigenvalue weighted by atomic mass is 9.90. The van der Waals surface area contributed by atoms with E-state index >= 15 is 0 Å². The number of hydroxylamine groups is 2. The van der Waals surface area contributed by atoms with E-state index in [1.165, 1.54) is 6.07 Å². The molecule has 3 aromatic carbocycles. The minimum atomic E-state index is -3.30. The molecular weight excluding hydrogens is 759 g/mol. The average molecular weight is 815 g/mol. The van der Waals surface area contributed by atoms with Crippen LogP contribution >= 0.6 is 7.37 Å². The molecule has 3 atom stereocenters. The average Bonchev–Trinajstić information content (AvgIpc) is 3.97. The SMILES string of the molecule is CCCCC[C@@H](C(=O)NCNC(=O)c1ccc(-c2cc(OCC)cc(P(C)(=O)OCc3ccccc3)c2)o1)[C@@H](CC)N(C=O)OC(=O)c1ccc(N2CCCC2)cc1. The van der Waals surface area contributed by atoms with E-state index in [1.54, 1.807) is 43.1 Å². The fraction of sp³-hybridized carbons (Fsp3) is 0.409. The van der Waals surface area contributed by atoms with Crippen LogP contribution in [0.25, 0.3) is 11.3 Å². The van der Waals surface area contributed by atoms with Gasteiger partial charge in [0.2, 0.25) is 19.7 Å². The molecule has 0 saturated carbocycles. The lowest BCUT2D eigenvalue weighted by Gasteiger charge is -2.31. The maximum Gasteiger partial charge on any atom is 0.363 e. The van der Waals surface area contributed by atoms with Crippen LogP contribution in [0.2, 0.25) is 0 Å². The molecule has 58 heavy (non-hydrogen) atoms. The highest BCUT2D eigenvalue weighted by Gasteiger charge is 2.34. The zero-order chi connectivity index (χ0) is 41.5. The van der Waals surface area contributed by atoms with Crippen LogP contribution in [-0.4, -0.2) is 68.3 Å². The van der Waals surface area contributed by atoms with Gasteiger partial charge in [-0.25, -0.2) is 4.79 Å². The largest absolute Gasteiger partial charge is 0.494 e. The molecule has 1 aliphatic heterocycles. The molecule has 0 bridgehead atoms. The Kier molecular flexibility index (Phi) is 16.1. The number of benzene rings is 3. The Balaban J connectivity index is 1.22. The van der Waals surface area contributed by atoms with Crippen molar-refractivity contribution in [2.24, 2.45) is 5.92 Å². The molecule has 310 valence electrons. The summed E-state index contributed by atoms with van der Waals surface area (Å²) in [5, 5.41) is 6.81. The molecule has 1 fully saturated rings. The topological polar surface area (TPSA) is 157 Å². The zero-order valence-corrected chi connectivity index (χ0v) is 34.7. The number of nitrogens with one attached hydrogen (secondary N) is 2. The van der Waals surface area contributed by atoms with Gasteiger partial charge in [-0.3, -0.25) is 18.9 Å². The summed E-state index contributed by atoms with van der Waals surface area (Å²) in [7, 11) is -3.30. The van der Waals surface area contributed by atoms with Gasteiger partial charge in [0.1, 0.15) is 11.5 Å². The van der Waals surface area contributed by atoms with Gasteiger partial charge in [0.05, 0.1) is 37.4 Å². The van der Waals surface area contributed by atoms with Crippen LogP contribution in [0.5, 0.6) is 5.75 Å². The maximum atomic E-state index is 13.8. The molecule has 4 aromatic rings. The monoisotopic (exact) mass is 814 g/mol. The molecular formula is C44H55N4O9P. The van der Waals surface area contributed by atoms with Gasteiger partial charge in [0.15, 0.2) is 5.76 Å². The highest BCUT2D eigenvalue weighted by Crippen LogP contribution is 2.44. The molecule has 1 unspecified atom stereocenters. The molecule has 0 aliphatic carbocycles. The van der Waals surface area contributed by atoms with Crippen molar-refractivity contribution in [3.05, 3.63) is 102 Å². The summed E-state index contributed by atoms with van der Waals surface area (Å²) in [4.78, 5) is 60.2. The Morgan fingerprint density at radius 3 is 2.34 bits per heavy atom. The van der Waals surface area contributed by atoms with Gasteiger partial charge in [-0.15, -0.1) is 0 Å². The summed E-state index contributed by atoms with van der Waals surface area (Å²) >= 11 is 0. The molecule has 3 amide bonds. The first-order valence-corrected chi connectivity index (χ1v) is 22.2. The predicted molar refractivity (Wildman–Crippen MR) is 223 cm³/mol. The standard InChI is InChI=1S/C44H55N4O9P/c1-5-8-10-17-38(39(6-2)48(31-49)57-44(52)33-18-20-35(21-19-33)47-24-13-14-25-47)42(50)45-30-46-43(51)41-23-22-40(56-41)34-26-36(54-7-3)28-37(27-34)58(4,53)55-29-32-15-11-9-12-16-32/h9,11-12,15-16,18-23,26-28,31,38-39H,5-8,10,13-14,17,24-25,29-30H2,1-4H3,(H,45,50)(H,46,51)/t38-,39-,58?/m1/s1. The first kappa shape index (κ1) is 43.7. The van der Waals surface area contributed by atoms with Crippen molar-refractivity contribution >= 4 is 42.6 Å². The van der Waals surface area contributed by atoms with E-state index in [-0.39, 0.29) is 19.0 Å². The van der Waals surface area contributed by atoms with Crippen LogP contribution < -0.4 is 25.6 Å². The molecule has 1 aliphatic rings. The van der Waals surface area contributed by atoms with Crippen LogP contribution in [0.3, 0.4) is 0 Å². The van der Waals surface area contributed by atoms with E-state index in [0.717, 1.165) is 55.1 Å². The molecule has 0 spiro atoms. The van der Waals surface area contributed by atoms with Gasteiger partial charge >= 0.3 is 5.97 Å². The smallest absolute Gasteiger partial charge is 0.363 e. The Hall–Kier alpha value is -5.39. The molecule has 14 heteroatoms. The summed E-state index contributed by atoms with van der Waals surface area (Å²) in [6.45, 7) is 9.53. The summed E-state index contributed by atoms with van der Waals surface area (Å²) in [6.07, 6.45) is 5.97. The fourth-order valence-corrected chi connectivity index (χ4v) is 8.24. The molecule has 13 nitrogen and oxygen atoms in total. The van der Waals surface area contributed by atoms with E-state index in [1.807, 2.05) is 56.3 Å². The molecule has 1 aromatic heterocycles. The number of rotatable bonds is 22. The van der Waals surface area contributed by atoms with E-state index in [4.69, 9.17) is 18.5 Å². The lowest BCUT2D eigenvalue weighted by molar-refractivity contribution is -0.171. The van der Waals surface area contributed by atoms with Crippen LogP contribution in [0.15, 0.2) is 89.3 Å². The van der Waals surface area contributed by atoms with E-state index in [9.17, 15) is 23.7 Å². The summed E-state index contributed by atoms with van der Waals surface area (Å²) in [6, 6.07) is 24.1. The van der Waals surface area contributed by atoms with Gasteiger partial charge in [-0.1, -0.05) is 63.4 Å². The van der Waals surface area contributed by atoms with Crippen molar-refractivity contribution in [2.75, 3.05) is 37.9 Å². The van der Waals surface area contributed by atoms with Crippen LogP contribution in [0, 0.1) is 5.92 Å². The Morgan fingerprint density at radius 1 is 0.931 bits per heavy atom. The van der Waals surface area contributed by atoms with Crippen molar-refractivity contribution in [3.63, 3.8) is 0 Å². The van der Waals surface area contributed by atoms with Gasteiger partial charge < -0.3 is 34.0 Å². The zero-order valence-electron chi connectivity index (χ0n) is 33.8. The van der Waals surface area contributed by atoms with Gasteiger partial charge in [-0.05, 0) is 92.8 Å². The second kappa shape index (κ2) is 21.4. The first-order chi connectivity index (χ1) is 28.1. The number of hydrogen-bond acceptors (Lipinski definition) is 10. The van der Waals surface area contributed by atoms with Crippen LogP contribution in [0.4, 0.5) is 5.69 Å². The second-order valence-electron chi connectivity index (χ2n) is 14.3. The van der Waals surface area contributed by atoms with Gasteiger partial charge in [0.25, 0.3) is 5.91 Å². The number of amides is 3. The summed E-state index contributed by atoms with van der Waals surface area (Å²) in [5.41, 5.74) is 2.75. The molecule has 0 radical (unpaired) electrons.